The summed E-state index contributed by atoms with van der Waals surface area (Å²) in [5.74, 6) is 1.74. The molecule has 0 aliphatic heterocycles. The quantitative estimate of drug-likeness (QED) is 0.451. The Morgan fingerprint density at radius 2 is 1.60 bits per heavy atom. The first kappa shape index (κ1) is 22.6. The molecule has 2 N–H and O–H groups in total. The van der Waals surface area contributed by atoms with Gasteiger partial charge in [0.25, 0.3) is 0 Å². The molecule has 0 amide bonds. The lowest BCUT2D eigenvalue weighted by atomic mass is 9.87. The van der Waals surface area contributed by atoms with E-state index in [2.05, 4.69) is 97.9 Å². The van der Waals surface area contributed by atoms with Crippen molar-refractivity contribution < 1.29 is 0 Å². The fourth-order valence-corrected chi connectivity index (χ4v) is 4.30. The molecular weight excluding hydrogens is 388 g/mol. The predicted molar refractivity (Wildman–Crippen MR) is 127 cm³/mol. The van der Waals surface area contributed by atoms with Crippen LogP contribution in [0.15, 0.2) is 53.7 Å². The molecule has 0 aliphatic carbocycles. The Labute approximate surface area is 185 Å². The number of aryl methyl sites for hydroxylation is 1. The van der Waals surface area contributed by atoms with Gasteiger partial charge in [0.2, 0.25) is 0 Å². The van der Waals surface area contributed by atoms with Crippen LogP contribution in [-0.4, -0.2) is 14.8 Å². The third-order valence-electron chi connectivity index (χ3n) is 5.33. The number of rotatable bonds is 8. The van der Waals surface area contributed by atoms with Crippen molar-refractivity contribution in [2.45, 2.75) is 76.4 Å². The second kappa shape index (κ2) is 9.80. The number of hydrogen-bond acceptors (Lipinski definition) is 4. The Morgan fingerprint density at radius 1 is 0.967 bits per heavy atom. The van der Waals surface area contributed by atoms with Crippen molar-refractivity contribution in [3.05, 3.63) is 76.6 Å². The molecule has 0 saturated carbocycles. The molecular formula is C25H34N4S. The molecule has 0 aliphatic rings. The Balaban J connectivity index is 1.80. The molecule has 0 saturated heterocycles. The molecule has 0 bridgehead atoms. The molecule has 0 radical (unpaired) electrons. The summed E-state index contributed by atoms with van der Waals surface area (Å²) in [7, 11) is 0. The van der Waals surface area contributed by atoms with Gasteiger partial charge in [-0.25, -0.2) is 0 Å². The molecule has 1 atom stereocenters. The number of hydrogen-bond donors (Lipinski definition) is 1. The normalized spacial score (nSPS) is 12.9. The van der Waals surface area contributed by atoms with Gasteiger partial charge in [0, 0.05) is 5.75 Å². The van der Waals surface area contributed by atoms with Gasteiger partial charge in [-0.05, 0) is 35.4 Å². The van der Waals surface area contributed by atoms with Crippen molar-refractivity contribution in [3.8, 4) is 0 Å². The van der Waals surface area contributed by atoms with E-state index in [1.54, 1.807) is 11.8 Å². The SMILES string of the molecule is CCCC(N)c1nnc(SCc2ccc(C(C)(C)C)cc2)n1Cc1ccc(C)cc1. The average Bonchev–Trinajstić information content (AvgIpc) is 3.10. The number of nitrogens with two attached hydrogens (primary N) is 1. The van der Waals surface area contributed by atoms with Crippen LogP contribution in [0.4, 0.5) is 0 Å². The third-order valence-corrected chi connectivity index (χ3v) is 6.36. The monoisotopic (exact) mass is 422 g/mol. The number of benzene rings is 2. The van der Waals surface area contributed by atoms with Crippen LogP contribution in [0.3, 0.4) is 0 Å². The average molecular weight is 423 g/mol. The molecule has 3 rings (SSSR count). The van der Waals surface area contributed by atoms with Gasteiger partial charge in [-0.1, -0.05) is 100.0 Å². The van der Waals surface area contributed by atoms with Gasteiger partial charge in [0.05, 0.1) is 12.6 Å². The molecule has 0 fully saturated rings. The highest BCUT2D eigenvalue weighted by Gasteiger charge is 2.19. The first-order valence-electron chi connectivity index (χ1n) is 10.7. The smallest absolute Gasteiger partial charge is 0.191 e. The van der Waals surface area contributed by atoms with E-state index in [0.29, 0.717) is 0 Å². The second-order valence-electron chi connectivity index (χ2n) is 9.04. The van der Waals surface area contributed by atoms with Crippen molar-refractivity contribution in [3.63, 3.8) is 0 Å². The van der Waals surface area contributed by atoms with Crippen LogP contribution in [0, 0.1) is 6.92 Å². The Hall–Kier alpha value is -2.11. The summed E-state index contributed by atoms with van der Waals surface area (Å²) in [5, 5.41) is 9.90. The maximum atomic E-state index is 6.43. The topological polar surface area (TPSA) is 56.7 Å². The highest BCUT2D eigenvalue weighted by atomic mass is 32.2. The molecule has 4 nitrogen and oxygen atoms in total. The maximum absolute atomic E-state index is 6.43. The lowest BCUT2D eigenvalue weighted by Gasteiger charge is -2.19. The van der Waals surface area contributed by atoms with Crippen LogP contribution in [0.25, 0.3) is 0 Å². The van der Waals surface area contributed by atoms with Crippen molar-refractivity contribution in [2.24, 2.45) is 5.73 Å². The van der Waals surface area contributed by atoms with Crippen molar-refractivity contribution in [1.29, 1.82) is 0 Å². The van der Waals surface area contributed by atoms with Gasteiger partial charge >= 0.3 is 0 Å². The van der Waals surface area contributed by atoms with Crippen molar-refractivity contribution >= 4 is 11.8 Å². The van der Waals surface area contributed by atoms with E-state index in [4.69, 9.17) is 5.73 Å². The summed E-state index contributed by atoms with van der Waals surface area (Å²) in [6.07, 6.45) is 1.94. The maximum Gasteiger partial charge on any atom is 0.191 e. The largest absolute Gasteiger partial charge is 0.321 e. The summed E-state index contributed by atoms with van der Waals surface area (Å²) in [4.78, 5) is 0. The number of thioether (sulfide) groups is 1. The number of aromatic nitrogens is 3. The molecule has 160 valence electrons. The van der Waals surface area contributed by atoms with Crippen LogP contribution in [0.1, 0.15) is 74.7 Å². The molecule has 5 heteroatoms. The van der Waals surface area contributed by atoms with Gasteiger partial charge in [0.15, 0.2) is 11.0 Å². The minimum Gasteiger partial charge on any atom is -0.321 e. The Morgan fingerprint density at radius 3 is 2.20 bits per heavy atom. The standard InChI is InChI=1S/C25H34N4S/c1-6-7-22(26)23-27-28-24(29(23)16-19-10-8-18(2)9-11-19)30-17-20-12-14-21(15-13-20)25(3,4)5/h8-15,22H,6-7,16-17,26H2,1-5H3. The van der Waals surface area contributed by atoms with E-state index in [9.17, 15) is 0 Å². The van der Waals surface area contributed by atoms with E-state index < -0.39 is 0 Å². The first-order chi connectivity index (χ1) is 14.3. The zero-order valence-corrected chi connectivity index (χ0v) is 19.7. The lowest BCUT2D eigenvalue weighted by Crippen LogP contribution is -2.17. The minimum absolute atomic E-state index is 0.0895. The highest BCUT2D eigenvalue weighted by molar-refractivity contribution is 7.98. The fraction of sp³-hybridized carbons (Fsp3) is 0.440. The van der Waals surface area contributed by atoms with Crippen molar-refractivity contribution in [2.75, 3.05) is 0 Å². The first-order valence-corrected chi connectivity index (χ1v) is 11.7. The summed E-state index contributed by atoms with van der Waals surface area (Å²) in [6.45, 7) is 11.7. The van der Waals surface area contributed by atoms with E-state index in [1.807, 2.05) is 0 Å². The summed E-state index contributed by atoms with van der Waals surface area (Å²) in [5.41, 5.74) is 11.7. The van der Waals surface area contributed by atoms with Crippen LogP contribution >= 0.6 is 11.8 Å². The van der Waals surface area contributed by atoms with Crippen LogP contribution in [-0.2, 0) is 17.7 Å². The van der Waals surface area contributed by atoms with Crippen LogP contribution < -0.4 is 5.73 Å². The van der Waals surface area contributed by atoms with E-state index in [-0.39, 0.29) is 11.5 Å². The van der Waals surface area contributed by atoms with E-state index >= 15 is 0 Å². The lowest BCUT2D eigenvalue weighted by molar-refractivity contribution is 0.552. The summed E-state index contributed by atoms with van der Waals surface area (Å²) in [6, 6.07) is 17.5. The molecule has 1 heterocycles. The molecule has 0 spiro atoms. The van der Waals surface area contributed by atoms with Crippen LogP contribution in [0.5, 0.6) is 0 Å². The van der Waals surface area contributed by atoms with Crippen molar-refractivity contribution in [1.82, 2.24) is 14.8 Å². The highest BCUT2D eigenvalue weighted by Crippen LogP contribution is 2.28. The molecule has 30 heavy (non-hydrogen) atoms. The fourth-order valence-electron chi connectivity index (χ4n) is 3.39. The van der Waals surface area contributed by atoms with E-state index in [1.165, 1.54) is 22.3 Å². The Kier molecular flexibility index (Phi) is 7.37. The Bertz CT molecular complexity index is 937. The van der Waals surface area contributed by atoms with Crippen LogP contribution in [0.2, 0.25) is 0 Å². The molecule has 1 unspecified atom stereocenters. The van der Waals surface area contributed by atoms with Gasteiger partial charge < -0.3 is 10.3 Å². The third kappa shape index (κ3) is 5.73. The molecule has 2 aromatic carbocycles. The second-order valence-corrected chi connectivity index (χ2v) is 9.99. The zero-order valence-electron chi connectivity index (χ0n) is 18.9. The van der Waals surface area contributed by atoms with E-state index in [0.717, 1.165) is 36.1 Å². The molecule has 3 aromatic rings. The summed E-state index contributed by atoms with van der Waals surface area (Å²) < 4.78 is 2.19. The van der Waals surface area contributed by atoms with Gasteiger partial charge in [-0.15, -0.1) is 10.2 Å². The van der Waals surface area contributed by atoms with Gasteiger partial charge in [0.1, 0.15) is 0 Å². The summed E-state index contributed by atoms with van der Waals surface area (Å²) >= 11 is 1.73. The number of nitrogens with zero attached hydrogens (tertiary/aromatic N) is 3. The van der Waals surface area contributed by atoms with Gasteiger partial charge in [-0.3, -0.25) is 0 Å². The minimum atomic E-state index is -0.0895. The predicted octanol–water partition coefficient (Wildman–Crippen LogP) is 6.02. The zero-order chi connectivity index (χ0) is 21.7. The van der Waals surface area contributed by atoms with Gasteiger partial charge in [-0.2, -0.15) is 0 Å². The molecule has 1 aromatic heterocycles.